The summed E-state index contributed by atoms with van der Waals surface area (Å²) < 4.78 is 0.675. The smallest absolute Gasteiger partial charge is 0.190 e. The molecule has 3 nitrogen and oxygen atoms in total. The molecule has 0 unspecified atom stereocenters. The molecule has 0 saturated heterocycles. The van der Waals surface area contributed by atoms with E-state index in [-0.39, 0.29) is 0 Å². The van der Waals surface area contributed by atoms with Crippen molar-refractivity contribution in [3.63, 3.8) is 0 Å². The van der Waals surface area contributed by atoms with Crippen LogP contribution in [0.5, 0.6) is 0 Å². The molecule has 0 aromatic carbocycles. The molecule has 0 aliphatic carbocycles. The van der Waals surface area contributed by atoms with Crippen molar-refractivity contribution in [2.75, 3.05) is 0 Å². The lowest BCUT2D eigenvalue weighted by Crippen LogP contribution is -1.93. The lowest BCUT2D eigenvalue weighted by atomic mass is 10.3. The van der Waals surface area contributed by atoms with Gasteiger partial charge in [0.15, 0.2) is 3.83 Å². The van der Waals surface area contributed by atoms with Gasteiger partial charge in [-0.2, -0.15) is 5.26 Å². The zero-order valence-electron chi connectivity index (χ0n) is 5.30. The Bertz CT molecular complexity index is 290. The highest BCUT2D eigenvalue weighted by atomic mass is 127. The second-order valence-corrected chi connectivity index (χ2v) is 2.71. The minimum absolute atomic E-state index is 0.542. The highest BCUT2D eigenvalue weighted by Crippen LogP contribution is 2.02. The predicted molar refractivity (Wildman–Crippen MR) is 44.2 cm³/mol. The largest absolute Gasteiger partial charge is 0.230 e. The Morgan fingerprint density at radius 3 is 2.90 bits per heavy atom. The van der Waals surface area contributed by atoms with E-state index in [1.807, 2.05) is 28.7 Å². The first-order chi connectivity index (χ1) is 4.74. The average molecular weight is 245 g/mol. The van der Waals surface area contributed by atoms with Crippen molar-refractivity contribution in [2.45, 2.75) is 6.92 Å². The van der Waals surface area contributed by atoms with Crippen LogP contribution < -0.4 is 0 Å². The number of hydrogen-bond acceptors (Lipinski definition) is 3. The standard InChI is InChI=1S/C6H4IN3/c1-4-5(2-8)3-9-6(7)10-4/h3H,1H3. The molecule has 0 spiro atoms. The number of nitriles is 1. The van der Waals surface area contributed by atoms with Crippen LogP contribution in [0.15, 0.2) is 6.20 Å². The van der Waals surface area contributed by atoms with E-state index in [0.717, 1.165) is 5.69 Å². The monoisotopic (exact) mass is 245 g/mol. The Morgan fingerprint density at radius 2 is 2.40 bits per heavy atom. The average Bonchev–Trinajstić information content (AvgIpc) is 1.88. The van der Waals surface area contributed by atoms with E-state index in [1.165, 1.54) is 6.20 Å². The van der Waals surface area contributed by atoms with Crippen LogP contribution in [0.1, 0.15) is 11.3 Å². The maximum absolute atomic E-state index is 8.48. The molecule has 0 radical (unpaired) electrons. The molecule has 1 heterocycles. The topological polar surface area (TPSA) is 49.6 Å². The molecule has 0 saturated carbocycles. The van der Waals surface area contributed by atoms with Crippen LogP contribution in [0.25, 0.3) is 0 Å². The van der Waals surface area contributed by atoms with Crippen molar-refractivity contribution >= 4 is 22.6 Å². The van der Waals surface area contributed by atoms with Crippen molar-refractivity contribution in [2.24, 2.45) is 0 Å². The molecule has 0 N–H and O–H groups in total. The van der Waals surface area contributed by atoms with E-state index in [9.17, 15) is 0 Å². The molecule has 0 fully saturated rings. The molecule has 0 amide bonds. The van der Waals surface area contributed by atoms with Gasteiger partial charge in [-0.15, -0.1) is 0 Å². The summed E-state index contributed by atoms with van der Waals surface area (Å²) in [4.78, 5) is 7.86. The maximum Gasteiger partial charge on any atom is 0.190 e. The summed E-state index contributed by atoms with van der Waals surface area (Å²) in [6.45, 7) is 1.79. The van der Waals surface area contributed by atoms with Gasteiger partial charge in [-0.05, 0) is 6.92 Å². The van der Waals surface area contributed by atoms with Gasteiger partial charge in [0.2, 0.25) is 0 Å². The van der Waals surface area contributed by atoms with Gasteiger partial charge < -0.3 is 0 Å². The summed E-state index contributed by atoms with van der Waals surface area (Å²) in [7, 11) is 0. The van der Waals surface area contributed by atoms with Gasteiger partial charge in [0.05, 0.1) is 11.3 Å². The minimum atomic E-state index is 0.542. The Hall–Kier alpha value is -0.700. The van der Waals surface area contributed by atoms with Crippen molar-refractivity contribution in [1.82, 2.24) is 9.97 Å². The van der Waals surface area contributed by atoms with Crippen LogP contribution in [0.4, 0.5) is 0 Å². The first-order valence-electron chi connectivity index (χ1n) is 2.63. The van der Waals surface area contributed by atoms with Gasteiger partial charge >= 0.3 is 0 Å². The molecule has 10 heavy (non-hydrogen) atoms. The fraction of sp³-hybridized carbons (Fsp3) is 0.167. The van der Waals surface area contributed by atoms with Crippen LogP contribution in [0.3, 0.4) is 0 Å². The van der Waals surface area contributed by atoms with E-state index in [1.54, 1.807) is 6.92 Å². The fourth-order valence-corrected chi connectivity index (χ4v) is 1.05. The summed E-state index contributed by atoms with van der Waals surface area (Å²) >= 11 is 2.01. The lowest BCUT2D eigenvalue weighted by molar-refractivity contribution is 1.04. The van der Waals surface area contributed by atoms with Crippen LogP contribution in [-0.2, 0) is 0 Å². The third-order valence-corrected chi connectivity index (χ3v) is 1.59. The molecule has 0 aliphatic heterocycles. The molecular formula is C6H4IN3. The zero-order valence-corrected chi connectivity index (χ0v) is 7.45. The molecule has 0 bridgehead atoms. The van der Waals surface area contributed by atoms with Crippen molar-refractivity contribution in [3.8, 4) is 6.07 Å². The van der Waals surface area contributed by atoms with Crippen LogP contribution in [-0.4, -0.2) is 9.97 Å². The van der Waals surface area contributed by atoms with Gasteiger partial charge in [0.25, 0.3) is 0 Å². The second-order valence-electron chi connectivity index (χ2n) is 1.75. The molecule has 50 valence electrons. The van der Waals surface area contributed by atoms with E-state index in [0.29, 0.717) is 9.39 Å². The summed E-state index contributed by atoms with van der Waals surface area (Å²) in [5.74, 6) is 0. The zero-order chi connectivity index (χ0) is 7.56. The number of nitrogens with zero attached hydrogens (tertiary/aromatic N) is 3. The minimum Gasteiger partial charge on any atom is -0.230 e. The predicted octanol–water partition coefficient (Wildman–Crippen LogP) is 1.26. The van der Waals surface area contributed by atoms with Crippen molar-refractivity contribution in [1.29, 1.82) is 5.26 Å². The summed E-state index contributed by atoms with van der Waals surface area (Å²) in [5, 5.41) is 8.48. The first kappa shape index (κ1) is 7.41. The maximum atomic E-state index is 8.48. The Balaban J connectivity index is 3.23. The number of halogens is 1. The Kier molecular flexibility index (Phi) is 2.17. The van der Waals surface area contributed by atoms with Crippen LogP contribution >= 0.6 is 22.6 Å². The quantitative estimate of drug-likeness (QED) is 0.510. The van der Waals surface area contributed by atoms with Gasteiger partial charge in [-0.3, -0.25) is 0 Å². The van der Waals surface area contributed by atoms with Gasteiger partial charge in [-0.25, -0.2) is 9.97 Å². The molecular weight excluding hydrogens is 241 g/mol. The van der Waals surface area contributed by atoms with Gasteiger partial charge in [-0.1, -0.05) is 0 Å². The summed E-state index contributed by atoms with van der Waals surface area (Å²) in [6, 6.07) is 1.99. The highest BCUT2D eigenvalue weighted by molar-refractivity contribution is 14.1. The van der Waals surface area contributed by atoms with Crippen LogP contribution in [0, 0.1) is 22.1 Å². The Labute approximate surface area is 72.3 Å². The summed E-state index contributed by atoms with van der Waals surface area (Å²) in [5.41, 5.74) is 1.28. The molecule has 0 aliphatic rings. The van der Waals surface area contributed by atoms with E-state index in [4.69, 9.17) is 5.26 Å². The van der Waals surface area contributed by atoms with Crippen molar-refractivity contribution < 1.29 is 0 Å². The number of hydrogen-bond donors (Lipinski definition) is 0. The summed E-state index contributed by atoms with van der Waals surface area (Å²) in [6.07, 6.45) is 1.53. The van der Waals surface area contributed by atoms with E-state index >= 15 is 0 Å². The van der Waals surface area contributed by atoms with E-state index < -0.39 is 0 Å². The van der Waals surface area contributed by atoms with E-state index in [2.05, 4.69) is 9.97 Å². The normalized spacial score (nSPS) is 8.90. The molecule has 1 aromatic rings. The molecule has 1 aromatic heterocycles. The third-order valence-electron chi connectivity index (χ3n) is 1.07. The Morgan fingerprint density at radius 1 is 1.70 bits per heavy atom. The molecule has 1 rings (SSSR count). The second kappa shape index (κ2) is 2.92. The number of aromatic nitrogens is 2. The van der Waals surface area contributed by atoms with Gasteiger partial charge in [0.1, 0.15) is 6.07 Å². The number of rotatable bonds is 0. The first-order valence-corrected chi connectivity index (χ1v) is 3.71. The number of aryl methyl sites for hydroxylation is 1. The van der Waals surface area contributed by atoms with Crippen LogP contribution in [0.2, 0.25) is 0 Å². The van der Waals surface area contributed by atoms with Crippen molar-refractivity contribution in [3.05, 3.63) is 21.3 Å². The SMILES string of the molecule is Cc1nc(I)ncc1C#N. The molecule has 0 atom stereocenters. The third kappa shape index (κ3) is 1.42. The highest BCUT2D eigenvalue weighted by Gasteiger charge is 1.97. The fourth-order valence-electron chi connectivity index (χ4n) is 0.548. The lowest BCUT2D eigenvalue weighted by Gasteiger charge is -1.93. The molecule has 4 heteroatoms. The van der Waals surface area contributed by atoms with Gasteiger partial charge in [0, 0.05) is 28.8 Å².